The van der Waals surface area contributed by atoms with Crippen LogP contribution in [0.2, 0.25) is 5.02 Å². The van der Waals surface area contributed by atoms with E-state index in [-0.39, 0.29) is 5.82 Å². The van der Waals surface area contributed by atoms with Gasteiger partial charge in [0.25, 0.3) is 0 Å². The normalized spacial score (nSPS) is 10.5. The van der Waals surface area contributed by atoms with Crippen LogP contribution in [-0.2, 0) is 0 Å². The predicted octanol–water partition coefficient (Wildman–Crippen LogP) is 3.59. The molecule has 94 valence electrons. The van der Waals surface area contributed by atoms with Crippen molar-refractivity contribution in [1.82, 2.24) is 9.97 Å². The summed E-state index contributed by atoms with van der Waals surface area (Å²) in [5.74, 6) is 0.222. The van der Waals surface area contributed by atoms with E-state index in [0.717, 1.165) is 11.4 Å². The summed E-state index contributed by atoms with van der Waals surface area (Å²) in [6.45, 7) is 3.75. The zero-order valence-electron chi connectivity index (χ0n) is 10.4. The van der Waals surface area contributed by atoms with Gasteiger partial charge in [-0.15, -0.1) is 0 Å². The van der Waals surface area contributed by atoms with E-state index in [1.165, 1.54) is 12.1 Å². The van der Waals surface area contributed by atoms with Crippen LogP contribution in [0.25, 0.3) is 11.3 Å². The van der Waals surface area contributed by atoms with Gasteiger partial charge in [0.15, 0.2) is 5.82 Å². The molecule has 0 aliphatic heterocycles. The summed E-state index contributed by atoms with van der Waals surface area (Å²) in [7, 11) is 1.75. The fourth-order valence-electron chi connectivity index (χ4n) is 1.67. The highest BCUT2D eigenvalue weighted by atomic mass is 35.5. The molecule has 3 nitrogen and oxygen atoms in total. The number of aryl methyl sites for hydroxylation is 2. The number of aromatic nitrogens is 2. The van der Waals surface area contributed by atoms with Gasteiger partial charge >= 0.3 is 0 Å². The van der Waals surface area contributed by atoms with E-state index < -0.39 is 0 Å². The predicted molar refractivity (Wildman–Crippen MR) is 71.5 cm³/mol. The van der Waals surface area contributed by atoms with Crippen molar-refractivity contribution in [2.75, 3.05) is 12.4 Å². The summed E-state index contributed by atoms with van der Waals surface area (Å²) in [4.78, 5) is 8.83. The number of benzene rings is 1. The van der Waals surface area contributed by atoms with Crippen molar-refractivity contribution in [2.45, 2.75) is 13.8 Å². The molecular weight excluding hydrogens is 253 g/mol. The van der Waals surface area contributed by atoms with Crippen molar-refractivity contribution in [3.05, 3.63) is 40.4 Å². The first-order chi connectivity index (χ1) is 8.51. The average molecular weight is 266 g/mol. The molecular formula is C13H13ClFN3. The van der Waals surface area contributed by atoms with Crippen molar-refractivity contribution in [3.63, 3.8) is 0 Å². The van der Waals surface area contributed by atoms with Crippen LogP contribution in [0.4, 0.5) is 10.2 Å². The number of nitrogens with zero attached hydrogens (tertiary/aromatic N) is 2. The van der Waals surface area contributed by atoms with Gasteiger partial charge in [-0.2, -0.15) is 0 Å². The Morgan fingerprint density at radius 3 is 2.39 bits per heavy atom. The Morgan fingerprint density at radius 2 is 1.78 bits per heavy atom. The highest BCUT2D eigenvalue weighted by Crippen LogP contribution is 2.28. The molecule has 1 N–H and O–H groups in total. The van der Waals surface area contributed by atoms with Gasteiger partial charge in [-0.3, -0.25) is 0 Å². The minimum Gasteiger partial charge on any atom is -0.371 e. The maximum Gasteiger partial charge on any atom is 0.152 e. The first kappa shape index (κ1) is 12.8. The number of hydrogen-bond acceptors (Lipinski definition) is 3. The Labute approximate surface area is 110 Å². The molecule has 0 spiro atoms. The summed E-state index contributed by atoms with van der Waals surface area (Å²) in [5.41, 5.74) is 2.86. The minimum absolute atomic E-state index is 0.340. The van der Waals surface area contributed by atoms with Crippen LogP contribution >= 0.6 is 11.6 Å². The SMILES string of the molecule is CNc1nc(C)c(C)nc1-c1cc(F)cc(Cl)c1. The van der Waals surface area contributed by atoms with Gasteiger partial charge in [0.1, 0.15) is 11.5 Å². The molecule has 0 aliphatic carbocycles. The van der Waals surface area contributed by atoms with Crippen LogP contribution in [0.5, 0.6) is 0 Å². The average Bonchev–Trinajstić information content (AvgIpc) is 2.30. The highest BCUT2D eigenvalue weighted by Gasteiger charge is 2.11. The van der Waals surface area contributed by atoms with Crippen molar-refractivity contribution in [1.29, 1.82) is 0 Å². The largest absolute Gasteiger partial charge is 0.371 e. The van der Waals surface area contributed by atoms with Crippen LogP contribution in [0.3, 0.4) is 0 Å². The molecule has 0 aliphatic rings. The smallest absolute Gasteiger partial charge is 0.152 e. The van der Waals surface area contributed by atoms with E-state index in [4.69, 9.17) is 11.6 Å². The van der Waals surface area contributed by atoms with E-state index in [1.54, 1.807) is 13.1 Å². The number of halogens is 2. The second-order valence-electron chi connectivity index (χ2n) is 4.00. The third-order valence-electron chi connectivity index (χ3n) is 2.68. The quantitative estimate of drug-likeness (QED) is 0.902. The second-order valence-corrected chi connectivity index (χ2v) is 4.44. The molecule has 5 heteroatoms. The van der Waals surface area contributed by atoms with Gasteiger partial charge in [0.05, 0.1) is 11.4 Å². The van der Waals surface area contributed by atoms with E-state index in [0.29, 0.717) is 22.1 Å². The Morgan fingerprint density at radius 1 is 1.11 bits per heavy atom. The van der Waals surface area contributed by atoms with E-state index >= 15 is 0 Å². The van der Waals surface area contributed by atoms with Crippen LogP contribution < -0.4 is 5.32 Å². The Kier molecular flexibility index (Phi) is 3.48. The molecule has 0 atom stereocenters. The molecule has 0 radical (unpaired) electrons. The van der Waals surface area contributed by atoms with Crippen molar-refractivity contribution in [3.8, 4) is 11.3 Å². The second kappa shape index (κ2) is 4.90. The van der Waals surface area contributed by atoms with Crippen LogP contribution in [0, 0.1) is 19.7 Å². The summed E-state index contributed by atoms with van der Waals surface area (Å²) < 4.78 is 13.4. The fourth-order valence-corrected chi connectivity index (χ4v) is 1.89. The van der Waals surface area contributed by atoms with Crippen LogP contribution in [0.1, 0.15) is 11.4 Å². The Hall–Kier alpha value is -1.68. The summed E-state index contributed by atoms with van der Waals surface area (Å²) in [6.07, 6.45) is 0. The monoisotopic (exact) mass is 265 g/mol. The number of nitrogens with one attached hydrogen (secondary N) is 1. The third kappa shape index (κ3) is 2.43. The lowest BCUT2D eigenvalue weighted by Gasteiger charge is -2.11. The van der Waals surface area contributed by atoms with E-state index in [9.17, 15) is 4.39 Å². The first-order valence-corrected chi connectivity index (χ1v) is 5.88. The number of anilines is 1. The van der Waals surface area contributed by atoms with Crippen molar-refractivity contribution >= 4 is 17.4 Å². The van der Waals surface area contributed by atoms with Gasteiger partial charge in [0.2, 0.25) is 0 Å². The Balaban J connectivity index is 2.65. The third-order valence-corrected chi connectivity index (χ3v) is 2.90. The van der Waals surface area contributed by atoms with Crippen molar-refractivity contribution < 1.29 is 4.39 Å². The fraction of sp³-hybridized carbons (Fsp3) is 0.231. The maximum atomic E-state index is 13.4. The zero-order valence-corrected chi connectivity index (χ0v) is 11.1. The zero-order chi connectivity index (χ0) is 13.3. The standard InChI is InChI=1S/C13H13ClFN3/c1-7-8(2)18-13(16-3)12(17-7)9-4-10(14)6-11(15)5-9/h4-6H,1-3H3,(H,16,18). The lowest BCUT2D eigenvalue weighted by atomic mass is 10.1. The van der Waals surface area contributed by atoms with Gasteiger partial charge in [0, 0.05) is 17.6 Å². The minimum atomic E-state index is -0.389. The molecule has 0 saturated carbocycles. The summed E-state index contributed by atoms with van der Waals surface area (Å²) in [5, 5.41) is 3.30. The molecule has 2 rings (SSSR count). The van der Waals surface area contributed by atoms with Crippen LogP contribution in [0.15, 0.2) is 18.2 Å². The molecule has 1 heterocycles. The van der Waals surface area contributed by atoms with E-state index in [2.05, 4.69) is 15.3 Å². The van der Waals surface area contributed by atoms with Crippen LogP contribution in [-0.4, -0.2) is 17.0 Å². The molecule has 0 bridgehead atoms. The van der Waals surface area contributed by atoms with Gasteiger partial charge in [-0.25, -0.2) is 14.4 Å². The molecule has 2 aromatic rings. The Bertz CT molecular complexity index is 579. The van der Waals surface area contributed by atoms with Gasteiger partial charge in [-0.05, 0) is 32.0 Å². The summed E-state index contributed by atoms with van der Waals surface area (Å²) >= 11 is 5.86. The number of hydrogen-bond donors (Lipinski definition) is 1. The summed E-state index contributed by atoms with van der Waals surface area (Å²) in [6, 6.07) is 4.33. The topological polar surface area (TPSA) is 37.8 Å². The molecule has 0 saturated heterocycles. The van der Waals surface area contributed by atoms with Gasteiger partial charge < -0.3 is 5.32 Å². The lowest BCUT2D eigenvalue weighted by Crippen LogP contribution is -2.03. The van der Waals surface area contributed by atoms with E-state index in [1.807, 2.05) is 13.8 Å². The molecule has 1 aromatic heterocycles. The number of rotatable bonds is 2. The molecule has 0 fully saturated rings. The van der Waals surface area contributed by atoms with Gasteiger partial charge in [-0.1, -0.05) is 11.6 Å². The molecule has 0 amide bonds. The molecule has 18 heavy (non-hydrogen) atoms. The molecule has 1 aromatic carbocycles. The first-order valence-electron chi connectivity index (χ1n) is 5.50. The highest BCUT2D eigenvalue weighted by molar-refractivity contribution is 6.30. The molecule has 0 unspecified atom stereocenters. The lowest BCUT2D eigenvalue weighted by molar-refractivity contribution is 0.628. The van der Waals surface area contributed by atoms with Crippen molar-refractivity contribution in [2.24, 2.45) is 0 Å². The maximum absolute atomic E-state index is 13.4.